The van der Waals surface area contributed by atoms with Gasteiger partial charge >= 0.3 is 0 Å². The zero-order chi connectivity index (χ0) is 5.70. The smallest absolute Gasteiger partial charge is 0.0151 e. The maximum absolute atomic E-state index is 3.96. The molecule has 0 rings (SSSR count). The Morgan fingerprint density at radius 1 is 1.57 bits per heavy atom. The first-order chi connectivity index (χ1) is 3.27. The molecule has 0 aliphatic heterocycles. The normalized spacial score (nSPS) is 11.4. The summed E-state index contributed by atoms with van der Waals surface area (Å²) in [5, 5.41) is 0. The zero-order valence-electron chi connectivity index (χ0n) is 5.01. The SMILES string of the molecule is CS/N=C/C(C)C. The van der Waals surface area contributed by atoms with E-state index >= 15 is 0 Å². The van der Waals surface area contributed by atoms with Crippen molar-refractivity contribution in [2.24, 2.45) is 10.3 Å². The Morgan fingerprint density at radius 2 is 2.14 bits per heavy atom. The molecule has 0 fully saturated rings. The van der Waals surface area contributed by atoms with Gasteiger partial charge in [-0.1, -0.05) is 13.8 Å². The Balaban J connectivity index is 3.08. The van der Waals surface area contributed by atoms with Crippen LogP contribution in [0.2, 0.25) is 0 Å². The number of nitrogens with zero attached hydrogens (tertiary/aromatic N) is 1. The minimum atomic E-state index is 0.590. The first kappa shape index (κ1) is 7.02. The quantitative estimate of drug-likeness (QED) is 0.398. The highest BCUT2D eigenvalue weighted by molar-refractivity contribution is 7.97. The van der Waals surface area contributed by atoms with E-state index in [1.165, 1.54) is 11.9 Å². The fourth-order valence-corrected chi connectivity index (χ4v) is 0.548. The third-order valence-corrected chi connectivity index (χ3v) is 0.797. The fraction of sp³-hybridized carbons (Fsp3) is 0.800. The van der Waals surface area contributed by atoms with Crippen LogP contribution in [-0.2, 0) is 0 Å². The van der Waals surface area contributed by atoms with Crippen LogP contribution in [0.3, 0.4) is 0 Å². The van der Waals surface area contributed by atoms with Crippen molar-refractivity contribution in [1.29, 1.82) is 0 Å². The van der Waals surface area contributed by atoms with Crippen molar-refractivity contribution in [3.63, 3.8) is 0 Å². The first-order valence-corrected chi connectivity index (χ1v) is 3.52. The number of hydrogen-bond acceptors (Lipinski definition) is 2. The standard InChI is InChI=1S/C5H11NS/c1-5(2)4-6-7-3/h4-5H,1-3H3/b6-4+. The molecule has 0 saturated heterocycles. The molecule has 0 aromatic rings. The van der Waals surface area contributed by atoms with Crippen molar-refractivity contribution >= 4 is 18.2 Å². The largest absolute Gasteiger partial charge is 0.229 e. The second kappa shape index (κ2) is 4.19. The summed E-state index contributed by atoms with van der Waals surface area (Å²) in [6.45, 7) is 4.22. The van der Waals surface area contributed by atoms with Crippen LogP contribution in [0.15, 0.2) is 4.40 Å². The number of hydrogen-bond donors (Lipinski definition) is 0. The summed E-state index contributed by atoms with van der Waals surface area (Å²) in [6, 6.07) is 0. The van der Waals surface area contributed by atoms with E-state index in [4.69, 9.17) is 0 Å². The molecule has 2 heteroatoms. The van der Waals surface area contributed by atoms with Gasteiger partial charge in [-0.25, -0.2) is 4.40 Å². The summed E-state index contributed by atoms with van der Waals surface area (Å²) in [7, 11) is 0. The van der Waals surface area contributed by atoms with E-state index in [1.54, 1.807) is 0 Å². The van der Waals surface area contributed by atoms with Crippen LogP contribution in [0.4, 0.5) is 0 Å². The molecule has 0 N–H and O–H groups in total. The average Bonchev–Trinajstić information content (AvgIpc) is 1.61. The molecule has 7 heavy (non-hydrogen) atoms. The van der Waals surface area contributed by atoms with E-state index in [0.717, 1.165) is 0 Å². The molecule has 42 valence electrons. The molecule has 0 aliphatic rings. The van der Waals surface area contributed by atoms with Gasteiger partial charge in [-0.15, -0.1) is 0 Å². The van der Waals surface area contributed by atoms with Gasteiger partial charge in [-0.2, -0.15) is 0 Å². The lowest BCUT2D eigenvalue weighted by atomic mass is 10.3. The summed E-state index contributed by atoms with van der Waals surface area (Å²) in [5.41, 5.74) is 0. The van der Waals surface area contributed by atoms with Crippen molar-refractivity contribution in [3.05, 3.63) is 0 Å². The minimum absolute atomic E-state index is 0.590. The topological polar surface area (TPSA) is 12.4 Å². The van der Waals surface area contributed by atoms with E-state index in [0.29, 0.717) is 5.92 Å². The predicted octanol–water partition coefficient (Wildman–Crippen LogP) is 1.99. The highest BCUT2D eigenvalue weighted by atomic mass is 32.2. The molecule has 0 saturated carbocycles. The van der Waals surface area contributed by atoms with Gasteiger partial charge in [0.05, 0.1) is 0 Å². The van der Waals surface area contributed by atoms with Gasteiger partial charge in [0.2, 0.25) is 0 Å². The van der Waals surface area contributed by atoms with Crippen molar-refractivity contribution < 1.29 is 0 Å². The van der Waals surface area contributed by atoms with Gasteiger partial charge in [-0.05, 0) is 17.9 Å². The highest BCUT2D eigenvalue weighted by Crippen LogP contribution is 1.93. The number of rotatable bonds is 2. The Kier molecular flexibility index (Phi) is 4.20. The molecule has 0 aromatic heterocycles. The summed E-state index contributed by atoms with van der Waals surface area (Å²) in [4.78, 5) is 0. The van der Waals surface area contributed by atoms with Gasteiger partial charge in [0.15, 0.2) is 0 Å². The monoisotopic (exact) mass is 117 g/mol. The van der Waals surface area contributed by atoms with Crippen molar-refractivity contribution in [2.45, 2.75) is 13.8 Å². The van der Waals surface area contributed by atoms with Crippen LogP contribution in [0, 0.1) is 5.92 Å². The van der Waals surface area contributed by atoms with E-state index in [9.17, 15) is 0 Å². The van der Waals surface area contributed by atoms with Crippen LogP contribution < -0.4 is 0 Å². The van der Waals surface area contributed by atoms with Crippen LogP contribution in [0.5, 0.6) is 0 Å². The first-order valence-electron chi connectivity index (χ1n) is 2.34. The molecular formula is C5H11NS. The predicted molar refractivity (Wildman–Crippen MR) is 36.8 cm³/mol. The van der Waals surface area contributed by atoms with Gasteiger partial charge in [0.25, 0.3) is 0 Å². The van der Waals surface area contributed by atoms with Crippen molar-refractivity contribution in [2.75, 3.05) is 6.26 Å². The zero-order valence-corrected chi connectivity index (χ0v) is 5.83. The Bertz CT molecular complexity index is 59.1. The van der Waals surface area contributed by atoms with E-state index in [1.807, 2.05) is 12.5 Å². The lowest BCUT2D eigenvalue weighted by Crippen LogP contribution is -1.83. The average molecular weight is 117 g/mol. The Morgan fingerprint density at radius 3 is 2.29 bits per heavy atom. The molecule has 0 radical (unpaired) electrons. The maximum atomic E-state index is 3.96. The lowest BCUT2D eigenvalue weighted by molar-refractivity contribution is 0.910. The van der Waals surface area contributed by atoms with E-state index in [2.05, 4.69) is 18.2 Å². The maximum Gasteiger partial charge on any atom is 0.0151 e. The van der Waals surface area contributed by atoms with Gasteiger partial charge in [0.1, 0.15) is 0 Å². The van der Waals surface area contributed by atoms with Crippen LogP contribution in [0.25, 0.3) is 0 Å². The fourth-order valence-electron chi connectivity index (χ4n) is 0.183. The van der Waals surface area contributed by atoms with Gasteiger partial charge in [0, 0.05) is 12.5 Å². The molecule has 0 heterocycles. The summed E-state index contributed by atoms with van der Waals surface area (Å²) >= 11 is 1.50. The summed E-state index contributed by atoms with van der Waals surface area (Å²) < 4.78 is 3.96. The molecule has 0 atom stereocenters. The molecule has 0 aromatic carbocycles. The van der Waals surface area contributed by atoms with Crippen LogP contribution in [0.1, 0.15) is 13.8 Å². The molecular weight excluding hydrogens is 106 g/mol. The van der Waals surface area contributed by atoms with E-state index < -0.39 is 0 Å². The molecule has 0 unspecified atom stereocenters. The third kappa shape index (κ3) is 6.02. The minimum Gasteiger partial charge on any atom is -0.229 e. The third-order valence-electron chi connectivity index (χ3n) is 0.464. The molecule has 0 bridgehead atoms. The van der Waals surface area contributed by atoms with Gasteiger partial charge < -0.3 is 0 Å². The van der Waals surface area contributed by atoms with Crippen LogP contribution in [-0.4, -0.2) is 12.5 Å². The van der Waals surface area contributed by atoms with Crippen LogP contribution >= 0.6 is 11.9 Å². The highest BCUT2D eigenvalue weighted by Gasteiger charge is 1.80. The second-order valence-corrected chi connectivity index (χ2v) is 2.26. The molecule has 1 nitrogen and oxygen atoms in total. The van der Waals surface area contributed by atoms with E-state index in [-0.39, 0.29) is 0 Å². The van der Waals surface area contributed by atoms with Gasteiger partial charge in [-0.3, -0.25) is 0 Å². The lowest BCUT2D eigenvalue weighted by Gasteiger charge is -1.87. The second-order valence-electron chi connectivity index (χ2n) is 1.68. The molecule has 0 amide bonds. The Labute approximate surface area is 49.4 Å². The summed E-state index contributed by atoms with van der Waals surface area (Å²) in [5.74, 6) is 0.590. The molecule has 0 aliphatic carbocycles. The Hall–Kier alpha value is 0.0200. The van der Waals surface area contributed by atoms with Crippen molar-refractivity contribution in [3.8, 4) is 0 Å². The van der Waals surface area contributed by atoms with Crippen molar-refractivity contribution in [1.82, 2.24) is 0 Å². The molecule has 0 spiro atoms. The summed E-state index contributed by atoms with van der Waals surface area (Å²) in [6.07, 6.45) is 3.89.